The number of pyridine rings is 1. The van der Waals surface area contributed by atoms with Crippen LogP contribution >= 0.6 is 11.8 Å². The number of anilines is 2. The predicted molar refractivity (Wildman–Crippen MR) is 96.2 cm³/mol. The molecule has 10 heteroatoms. The van der Waals surface area contributed by atoms with Crippen molar-refractivity contribution in [2.75, 3.05) is 30.3 Å². The van der Waals surface area contributed by atoms with Crippen molar-refractivity contribution in [1.82, 2.24) is 15.0 Å². The minimum Gasteiger partial charge on any atom is -0.381 e. The van der Waals surface area contributed by atoms with Crippen LogP contribution in [0.2, 0.25) is 0 Å². The molecule has 3 unspecified atom stereocenters. The van der Waals surface area contributed by atoms with Gasteiger partial charge < -0.3 is 16.4 Å². The fourth-order valence-corrected chi connectivity index (χ4v) is 4.71. The third kappa shape index (κ3) is 3.55. The quantitative estimate of drug-likeness (QED) is 0.820. The van der Waals surface area contributed by atoms with Gasteiger partial charge in [0.2, 0.25) is 0 Å². The van der Waals surface area contributed by atoms with Crippen molar-refractivity contribution >= 4 is 23.4 Å². The predicted octanol–water partition coefficient (Wildman–Crippen LogP) is 2.65. The summed E-state index contributed by atoms with van der Waals surface area (Å²) < 4.78 is 39.3. The average molecular weight is 396 g/mol. The molecule has 3 atom stereocenters. The molecule has 1 saturated heterocycles. The molecule has 1 aliphatic carbocycles. The van der Waals surface area contributed by atoms with Crippen LogP contribution in [0.4, 0.5) is 24.8 Å². The summed E-state index contributed by atoms with van der Waals surface area (Å²) in [6.07, 6.45) is -0.793. The number of nitrogens with two attached hydrogens (primary N) is 2. The molecule has 4 rings (SSSR count). The van der Waals surface area contributed by atoms with Crippen LogP contribution in [0.15, 0.2) is 34.4 Å². The van der Waals surface area contributed by atoms with Gasteiger partial charge in [0, 0.05) is 24.2 Å². The van der Waals surface area contributed by atoms with Gasteiger partial charge in [-0.2, -0.15) is 13.2 Å². The SMILES string of the molecule is NCC1C2CCN(c3cnc(Sc4cccnc4C(F)(F)F)c(N)n3)CC12. The van der Waals surface area contributed by atoms with Gasteiger partial charge in [-0.1, -0.05) is 11.8 Å². The summed E-state index contributed by atoms with van der Waals surface area (Å²) in [5, 5.41) is 0.235. The molecule has 0 aromatic carbocycles. The van der Waals surface area contributed by atoms with Gasteiger partial charge in [0.1, 0.15) is 10.8 Å². The van der Waals surface area contributed by atoms with Crippen molar-refractivity contribution in [3.63, 3.8) is 0 Å². The molecule has 2 aromatic heterocycles. The molecule has 0 radical (unpaired) electrons. The van der Waals surface area contributed by atoms with Gasteiger partial charge >= 0.3 is 6.18 Å². The lowest BCUT2D eigenvalue weighted by Crippen LogP contribution is -2.32. The summed E-state index contributed by atoms with van der Waals surface area (Å²) in [4.78, 5) is 14.2. The zero-order valence-electron chi connectivity index (χ0n) is 14.4. The fraction of sp³-hybridized carbons (Fsp3) is 0.471. The number of fused-ring (bicyclic) bond motifs is 1. The third-order valence-electron chi connectivity index (χ3n) is 5.27. The van der Waals surface area contributed by atoms with Crippen molar-refractivity contribution in [2.45, 2.75) is 22.5 Å². The number of rotatable bonds is 4. The molecular formula is C17H19F3N6S. The summed E-state index contributed by atoms with van der Waals surface area (Å²) in [5.41, 5.74) is 10.8. The van der Waals surface area contributed by atoms with E-state index >= 15 is 0 Å². The highest BCUT2D eigenvalue weighted by Gasteiger charge is 2.51. The Kier molecular flexibility index (Phi) is 4.63. The Balaban J connectivity index is 1.52. The van der Waals surface area contributed by atoms with E-state index in [-0.39, 0.29) is 15.7 Å². The van der Waals surface area contributed by atoms with Gasteiger partial charge in [-0.05, 0) is 42.9 Å². The molecule has 144 valence electrons. The number of aromatic nitrogens is 3. The molecule has 1 saturated carbocycles. The smallest absolute Gasteiger partial charge is 0.381 e. The zero-order chi connectivity index (χ0) is 19.2. The first-order valence-electron chi connectivity index (χ1n) is 8.66. The average Bonchev–Trinajstić information content (AvgIpc) is 3.35. The second-order valence-corrected chi connectivity index (χ2v) is 7.86. The minimum absolute atomic E-state index is 0.0525. The summed E-state index contributed by atoms with van der Waals surface area (Å²) in [6, 6.07) is 2.80. The van der Waals surface area contributed by atoms with Crippen molar-refractivity contribution in [2.24, 2.45) is 23.5 Å². The van der Waals surface area contributed by atoms with Crippen molar-refractivity contribution in [1.29, 1.82) is 0 Å². The molecule has 2 fully saturated rings. The first kappa shape index (κ1) is 18.3. The van der Waals surface area contributed by atoms with Crippen LogP contribution in [0, 0.1) is 17.8 Å². The van der Waals surface area contributed by atoms with Gasteiger partial charge in [-0.3, -0.25) is 4.98 Å². The van der Waals surface area contributed by atoms with Gasteiger partial charge in [0.15, 0.2) is 11.5 Å². The van der Waals surface area contributed by atoms with Gasteiger partial charge in [-0.15, -0.1) is 0 Å². The van der Waals surface area contributed by atoms with E-state index in [1.54, 1.807) is 6.20 Å². The summed E-state index contributed by atoms with van der Waals surface area (Å²) in [5.74, 6) is 2.65. The number of nitrogen functional groups attached to an aromatic ring is 1. The lowest BCUT2D eigenvalue weighted by Gasteiger charge is -2.27. The van der Waals surface area contributed by atoms with E-state index in [4.69, 9.17) is 11.5 Å². The second-order valence-electron chi connectivity index (χ2n) is 6.83. The van der Waals surface area contributed by atoms with E-state index in [1.165, 1.54) is 12.1 Å². The maximum atomic E-state index is 13.1. The molecule has 0 spiro atoms. The maximum Gasteiger partial charge on any atom is 0.434 e. The van der Waals surface area contributed by atoms with Crippen LogP contribution in [0.3, 0.4) is 0 Å². The van der Waals surface area contributed by atoms with Crippen LogP contribution in [0.25, 0.3) is 0 Å². The largest absolute Gasteiger partial charge is 0.434 e. The Bertz CT molecular complexity index is 842. The van der Waals surface area contributed by atoms with Crippen molar-refractivity contribution < 1.29 is 13.2 Å². The summed E-state index contributed by atoms with van der Waals surface area (Å²) >= 11 is 0.820. The monoisotopic (exact) mass is 396 g/mol. The van der Waals surface area contributed by atoms with Gasteiger partial charge in [-0.25, -0.2) is 9.97 Å². The Labute approximate surface area is 158 Å². The zero-order valence-corrected chi connectivity index (χ0v) is 15.2. The van der Waals surface area contributed by atoms with E-state index < -0.39 is 11.9 Å². The highest BCUT2D eigenvalue weighted by molar-refractivity contribution is 7.99. The van der Waals surface area contributed by atoms with Crippen LogP contribution in [-0.4, -0.2) is 34.6 Å². The molecule has 4 N–H and O–H groups in total. The molecule has 2 aliphatic rings. The Hall–Kier alpha value is -2.07. The number of hydrogen-bond acceptors (Lipinski definition) is 7. The van der Waals surface area contributed by atoms with Crippen molar-refractivity contribution in [3.8, 4) is 0 Å². The normalized spacial score (nSPS) is 24.6. The minimum atomic E-state index is -4.54. The molecular weight excluding hydrogens is 377 g/mol. The van der Waals surface area contributed by atoms with E-state index in [9.17, 15) is 13.2 Å². The number of piperidine rings is 1. The topological polar surface area (TPSA) is 94.0 Å². The first-order chi connectivity index (χ1) is 12.9. The van der Waals surface area contributed by atoms with E-state index in [2.05, 4.69) is 19.9 Å². The molecule has 0 bridgehead atoms. The van der Waals surface area contributed by atoms with Crippen LogP contribution in [-0.2, 0) is 6.18 Å². The molecule has 6 nitrogen and oxygen atoms in total. The van der Waals surface area contributed by atoms with Gasteiger partial charge in [0.05, 0.1) is 6.20 Å². The molecule has 3 heterocycles. The number of hydrogen-bond donors (Lipinski definition) is 2. The second kappa shape index (κ2) is 6.83. The third-order valence-corrected chi connectivity index (χ3v) is 6.32. The molecule has 1 aliphatic heterocycles. The number of alkyl halides is 3. The first-order valence-corrected chi connectivity index (χ1v) is 9.47. The molecule has 2 aromatic rings. The lowest BCUT2D eigenvalue weighted by atomic mass is 10.1. The van der Waals surface area contributed by atoms with Crippen LogP contribution < -0.4 is 16.4 Å². The molecule has 0 amide bonds. The molecule has 27 heavy (non-hydrogen) atoms. The summed E-state index contributed by atoms with van der Waals surface area (Å²) in [6.45, 7) is 2.44. The standard InChI is InChI=1S/C17H19F3N6S/c18-17(19,20)14-12(2-1-4-23-14)27-16-15(22)25-13(7-24-16)26-5-3-9-10(6-21)11(9)8-26/h1-2,4,7,9-11H,3,5-6,8,21H2,(H2,22,25). The van der Waals surface area contributed by atoms with Crippen molar-refractivity contribution in [3.05, 3.63) is 30.2 Å². The van der Waals surface area contributed by atoms with E-state index in [1.807, 2.05) is 0 Å². The summed E-state index contributed by atoms with van der Waals surface area (Å²) in [7, 11) is 0. The van der Waals surface area contributed by atoms with Crippen LogP contribution in [0.1, 0.15) is 12.1 Å². The number of halogens is 3. The lowest BCUT2D eigenvalue weighted by molar-refractivity contribution is -0.143. The maximum absolute atomic E-state index is 13.1. The Morgan fingerprint density at radius 3 is 2.78 bits per heavy atom. The highest BCUT2D eigenvalue weighted by Crippen LogP contribution is 2.51. The van der Waals surface area contributed by atoms with Crippen LogP contribution in [0.5, 0.6) is 0 Å². The Morgan fingerprint density at radius 1 is 1.26 bits per heavy atom. The van der Waals surface area contributed by atoms with E-state index in [0.717, 1.165) is 37.5 Å². The van der Waals surface area contributed by atoms with E-state index in [0.29, 0.717) is 30.1 Å². The fourth-order valence-electron chi connectivity index (χ4n) is 3.84. The number of nitrogens with zero attached hydrogens (tertiary/aromatic N) is 4. The van der Waals surface area contributed by atoms with Gasteiger partial charge in [0.25, 0.3) is 0 Å². The Morgan fingerprint density at radius 2 is 2.07 bits per heavy atom. The highest BCUT2D eigenvalue weighted by atomic mass is 32.2.